The molecule has 0 saturated heterocycles. The van der Waals surface area contributed by atoms with Gasteiger partial charge in [-0.25, -0.2) is 14.4 Å². The molecule has 4 rings (SSSR count). The van der Waals surface area contributed by atoms with Crippen LogP contribution in [0, 0.1) is 5.82 Å². The van der Waals surface area contributed by atoms with E-state index in [-0.39, 0.29) is 11.7 Å². The van der Waals surface area contributed by atoms with E-state index >= 15 is 0 Å². The number of hydrogen-bond donors (Lipinski definition) is 3. The van der Waals surface area contributed by atoms with Gasteiger partial charge in [-0.05, 0) is 48.4 Å². The van der Waals surface area contributed by atoms with Crippen molar-refractivity contribution in [2.45, 2.75) is 13.0 Å². The molecule has 0 radical (unpaired) electrons. The molecule has 3 aromatic heterocycles. The fourth-order valence-electron chi connectivity index (χ4n) is 3.13. The zero-order valence-electron chi connectivity index (χ0n) is 15.5. The first-order valence-electron chi connectivity index (χ1n) is 9.17. The molecular formula is C21H19FN6O. The van der Waals surface area contributed by atoms with E-state index in [1.165, 1.54) is 12.1 Å². The standard InChI is InChI=1S/C21H19FN6O/c22-15-5-3-14(4-6-15)19-27-18-16(8-11-25-20(18)28-19)21(29)26-10-7-13-2-1-9-24-17(13)12-23/h1-6,8-9,11H,7,10,12,23H2,(H,26,29)(H,25,27,28). The van der Waals surface area contributed by atoms with Crippen molar-refractivity contribution in [3.05, 3.63) is 77.5 Å². The Labute approximate surface area is 166 Å². The van der Waals surface area contributed by atoms with E-state index in [1.54, 1.807) is 30.6 Å². The quantitative estimate of drug-likeness (QED) is 0.469. The molecule has 0 fully saturated rings. The predicted octanol–water partition coefficient (Wildman–Crippen LogP) is 2.59. The molecule has 0 spiro atoms. The molecule has 0 bridgehead atoms. The molecule has 4 aromatic rings. The molecule has 1 amide bonds. The summed E-state index contributed by atoms with van der Waals surface area (Å²) in [5.41, 5.74) is 9.66. The van der Waals surface area contributed by atoms with Crippen LogP contribution >= 0.6 is 0 Å². The number of fused-ring (bicyclic) bond motifs is 1. The molecule has 146 valence electrons. The highest BCUT2D eigenvalue weighted by atomic mass is 19.1. The molecule has 8 heteroatoms. The van der Waals surface area contributed by atoms with Crippen molar-refractivity contribution in [2.24, 2.45) is 5.73 Å². The summed E-state index contributed by atoms with van der Waals surface area (Å²) in [7, 11) is 0. The number of nitrogens with one attached hydrogen (secondary N) is 2. The fourth-order valence-corrected chi connectivity index (χ4v) is 3.13. The number of nitrogens with two attached hydrogens (primary N) is 1. The van der Waals surface area contributed by atoms with Crippen LogP contribution in [-0.2, 0) is 13.0 Å². The van der Waals surface area contributed by atoms with Gasteiger partial charge in [0.15, 0.2) is 5.65 Å². The van der Waals surface area contributed by atoms with Gasteiger partial charge in [-0.1, -0.05) is 6.07 Å². The normalized spacial score (nSPS) is 11.0. The Morgan fingerprint density at radius 1 is 1.10 bits per heavy atom. The number of carbonyl (C=O) groups is 1. The number of halogens is 1. The van der Waals surface area contributed by atoms with Gasteiger partial charge < -0.3 is 16.0 Å². The van der Waals surface area contributed by atoms with E-state index < -0.39 is 0 Å². The highest BCUT2D eigenvalue weighted by Crippen LogP contribution is 2.22. The van der Waals surface area contributed by atoms with Crippen LogP contribution in [0.4, 0.5) is 4.39 Å². The van der Waals surface area contributed by atoms with E-state index in [4.69, 9.17) is 5.73 Å². The highest BCUT2D eigenvalue weighted by Gasteiger charge is 2.15. The lowest BCUT2D eigenvalue weighted by molar-refractivity contribution is 0.0955. The molecule has 0 aliphatic heterocycles. The number of benzene rings is 1. The Hall–Kier alpha value is -3.65. The molecule has 0 aliphatic rings. The van der Waals surface area contributed by atoms with Crippen molar-refractivity contribution in [2.75, 3.05) is 6.54 Å². The van der Waals surface area contributed by atoms with Crippen LogP contribution in [-0.4, -0.2) is 32.4 Å². The van der Waals surface area contributed by atoms with Gasteiger partial charge in [0, 0.05) is 31.0 Å². The first-order valence-corrected chi connectivity index (χ1v) is 9.17. The number of hydrogen-bond acceptors (Lipinski definition) is 5. The number of aromatic amines is 1. The van der Waals surface area contributed by atoms with Crippen LogP contribution < -0.4 is 11.1 Å². The Balaban J connectivity index is 1.52. The Kier molecular flexibility index (Phi) is 5.26. The molecule has 1 aromatic carbocycles. The predicted molar refractivity (Wildman–Crippen MR) is 107 cm³/mol. The van der Waals surface area contributed by atoms with Gasteiger partial charge >= 0.3 is 0 Å². The second kappa shape index (κ2) is 8.15. The number of carbonyl (C=O) groups excluding carboxylic acids is 1. The Bertz CT molecular complexity index is 1160. The SMILES string of the molecule is NCc1ncccc1CCNC(=O)c1ccnc2nc(-c3ccc(F)cc3)[nH]c12. The summed E-state index contributed by atoms with van der Waals surface area (Å²) in [6.07, 6.45) is 3.87. The first kappa shape index (κ1) is 18.7. The van der Waals surface area contributed by atoms with Gasteiger partial charge in [0.2, 0.25) is 0 Å². The summed E-state index contributed by atoms with van der Waals surface area (Å²) >= 11 is 0. The second-order valence-corrected chi connectivity index (χ2v) is 6.47. The number of nitrogens with zero attached hydrogens (tertiary/aromatic N) is 3. The molecule has 7 nitrogen and oxygen atoms in total. The van der Waals surface area contributed by atoms with Crippen LogP contribution in [0.25, 0.3) is 22.6 Å². The summed E-state index contributed by atoms with van der Waals surface area (Å²) in [6, 6.07) is 11.4. The maximum Gasteiger partial charge on any atom is 0.253 e. The molecular weight excluding hydrogens is 371 g/mol. The van der Waals surface area contributed by atoms with Gasteiger partial charge in [0.1, 0.15) is 11.6 Å². The van der Waals surface area contributed by atoms with Crippen LogP contribution in [0.15, 0.2) is 54.9 Å². The van der Waals surface area contributed by atoms with Gasteiger partial charge in [0.25, 0.3) is 5.91 Å². The second-order valence-electron chi connectivity index (χ2n) is 6.47. The minimum Gasteiger partial charge on any atom is -0.352 e. The Morgan fingerprint density at radius 3 is 2.72 bits per heavy atom. The number of pyridine rings is 2. The van der Waals surface area contributed by atoms with E-state index in [0.717, 1.165) is 11.3 Å². The van der Waals surface area contributed by atoms with Gasteiger partial charge in [-0.2, -0.15) is 0 Å². The minimum atomic E-state index is -0.325. The van der Waals surface area contributed by atoms with Crippen molar-refractivity contribution in [1.82, 2.24) is 25.3 Å². The largest absolute Gasteiger partial charge is 0.352 e. The number of imidazole rings is 1. The monoisotopic (exact) mass is 390 g/mol. The lowest BCUT2D eigenvalue weighted by Crippen LogP contribution is -2.26. The van der Waals surface area contributed by atoms with Crippen LogP contribution in [0.3, 0.4) is 0 Å². The molecule has 29 heavy (non-hydrogen) atoms. The first-order chi connectivity index (χ1) is 14.2. The van der Waals surface area contributed by atoms with Crippen molar-refractivity contribution in [3.8, 4) is 11.4 Å². The fraction of sp³-hybridized carbons (Fsp3) is 0.143. The lowest BCUT2D eigenvalue weighted by Gasteiger charge is -2.08. The number of aromatic nitrogens is 4. The molecule has 4 N–H and O–H groups in total. The van der Waals surface area contributed by atoms with Gasteiger partial charge in [-0.15, -0.1) is 0 Å². The third-order valence-corrected chi connectivity index (χ3v) is 4.61. The summed E-state index contributed by atoms with van der Waals surface area (Å²) < 4.78 is 13.2. The summed E-state index contributed by atoms with van der Waals surface area (Å²) in [6.45, 7) is 0.801. The van der Waals surface area contributed by atoms with Gasteiger partial charge in [0.05, 0.1) is 16.8 Å². The summed E-state index contributed by atoms with van der Waals surface area (Å²) in [5.74, 6) is -0.0324. The lowest BCUT2D eigenvalue weighted by atomic mass is 10.1. The van der Waals surface area contributed by atoms with Gasteiger partial charge in [-0.3, -0.25) is 9.78 Å². The number of amides is 1. The van der Waals surface area contributed by atoms with Crippen LogP contribution in [0.5, 0.6) is 0 Å². The molecule has 0 unspecified atom stereocenters. The average molecular weight is 390 g/mol. The molecule has 0 aliphatic carbocycles. The van der Waals surface area contributed by atoms with E-state index in [1.807, 2.05) is 12.1 Å². The molecule has 0 atom stereocenters. The minimum absolute atomic E-state index is 0.232. The van der Waals surface area contributed by atoms with Crippen molar-refractivity contribution in [3.63, 3.8) is 0 Å². The highest BCUT2D eigenvalue weighted by molar-refractivity contribution is 6.04. The van der Waals surface area contributed by atoms with E-state index in [2.05, 4.69) is 25.3 Å². The average Bonchev–Trinajstić information content (AvgIpc) is 3.19. The zero-order valence-corrected chi connectivity index (χ0v) is 15.5. The maximum absolute atomic E-state index is 13.2. The number of H-pyrrole nitrogens is 1. The third-order valence-electron chi connectivity index (χ3n) is 4.61. The zero-order chi connectivity index (χ0) is 20.2. The smallest absolute Gasteiger partial charge is 0.253 e. The third kappa shape index (κ3) is 3.97. The number of rotatable bonds is 6. The van der Waals surface area contributed by atoms with E-state index in [9.17, 15) is 9.18 Å². The summed E-state index contributed by atoms with van der Waals surface area (Å²) in [5, 5.41) is 2.91. The van der Waals surface area contributed by atoms with E-state index in [0.29, 0.717) is 47.6 Å². The van der Waals surface area contributed by atoms with Crippen molar-refractivity contribution < 1.29 is 9.18 Å². The van der Waals surface area contributed by atoms with Crippen molar-refractivity contribution in [1.29, 1.82) is 0 Å². The maximum atomic E-state index is 13.2. The molecule has 0 saturated carbocycles. The van der Waals surface area contributed by atoms with Crippen LogP contribution in [0.2, 0.25) is 0 Å². The topological polar surface area (TPSA) is 110 Å². The molecule has 3 heterocycles. The Morgan fingerprint density at radius 2 is 1.93 bits per heavy atom. The van der Waals surface area contributed by atoms with Crippen molar-refractivity contribution >= 4 is 17.1 Å². The summed E-state index contributed by atoms with van der Waals surface area (Å²) in [4.78, 5) is 28.7. The van der Waals surface area contributed by atoms with Crippen LogP contribution in [0.1, 0.15) is 21.6 Å².